The topological polar surface area (TPSA) is 152 Å². The Morgan fingerprint density at radius 2 is 1.97 bits per heavy atom. The van der Waals surface area contributed by atoms with Crippen LogP contribution < -0.4 is 5.73 Å². The Morgan fingerprint density at radius 1 is 1.33 bits per heavy atom. The average Bonchev–Trinajstić information content (AvgIpc) is 3.47. The molecule has 0 aromatic heterocycles. The molecule has 33 heavy (non-hydrogen) atoms. The van der Waals surface area contributed by atoms with E-state index in [1.54, 1.807) is 4.90 Å². The van der Waals surface area contributed by atoms with E-state index in [2.05, 4.69) is 49.1 Å². The third-order valence-electron chi connectivity index (χ3n) is 6.72. The summed E-state index contributed by atoms with van der Waals surface area (Å²) in [4.78, 5) is 31.4. The molecule has 1 aromatic carbocycles. The second kappa shape index (κ2) is 10.4. The van der Waals surface area contributed by atoms with Gasteiger partial charge in [0.2, 0.25) is 11.8 Å². The first-order valence-electron chi connectivity index (χ1n) is 11.0. The van der Waals surface area contributed by atoms with Gasteiger partial charge in [0.15, 0.2) is 0 Å². The first-order valence-corrected chi connectivity index (χ1v) is 12.1. The minimum absolute atomic E-state index is 0.0385. The lowest BCUT2D eigenvalue weighted by Crippen LogP contribution is -2.56. The Balaban J connectivity index is 0.000000709. The zero-order chi connectivity index (χ0) is 24.3. The largest absolute Gasteiger partial charge is 0.330 e. The highest BCUT2D eigenvalue weighted by atomic mass is 32.2. The molecule has 178 valence electrons. The van der Waals surface area contributed by atoms with Crippen LogP contribution in [0.15, 0.2) is 24.3 Å². The number of likely N-dealkylation sites (tertiary alicyclic amines) is 3. The Bertz CT molecular complexity index is 1030. The highest BCUT2D eigenvalue weighted by Crippen LogP contribution is 2.38. The molecule has 3 N–H and O–H groups in total. The van der Waals surface area contributed by atoms with Crippen molar-refractivity contribution in [1.82, 2.24) is 14.7 Å². The van der Waals surface area contributed by atoms with E-state index < -0.39 is 16.5 Å². The lowest BCUT2D eigenvalue weighted by atomic mass is 10.0. The molecule has 10 nitrogen and oxygen atoms in total. The standard InChI is InChI=1S/C22H29N5O2.HNO2S/c1-14-5-7-16(8-6-14)15(2)27-18-10-20(22(27)29)25(12-18)13-19(24)21(28)26-9-3-4-17(26)11-23;1-4(2)3/h5-8,15,17-20H,3-4,9-10,12-13,24H2,1-2H3;1H/t15-,17+,18+,19+,20+;/m1./s1. The number of benzene rings is 1. The quantitative estimate of drug-likeness (QED) is 0.640. The molecular weight excluding hydrogens is 444 g/mol. The summed E-state index contributed by atoms with van der Waals surface area (Å²) in [5, 5.41) is 9.22. The summed E-state index contributed by atoms with van der Waals surface area (Å²) >= 11 is 0. The van der Waals surface area contributed by atoms with E-state index in [4.69, 9.17) is 18.9 Å². The van der Waals surface area contributed by atoms with Crippen molar-refractivity contribution in [3.8, 4) is 6.07 Å². The summed E-state index contributed by atoms with van der Waals surface area (Å²) in [6.07, 6.45) is 2.35. The zero-order valence-electron chi connectivity index (χ0n) is 18.8. The van der Waals surface area contributed by atoms with Crippen LogP contribution in [0.1, 0.15) is 43.4 Å². The number of fused-ring (bicyclic) bond motifs is 2. The van der Waals surface area contributed by atoms with Gasteiger partial charge in [-0.25, -0.2) is 0 Å². The minimum Gasteiger partial charge on any atom is -0.330 e. The van der Waals surface area contributed by atoms with E-state index in [1.807, 2.05) is 4.90 Å². The molecule has 4 rings (SSSR count). The van der Waals surface area contributed by atoms with Crippen molar-refractivity contribution in [2.24, 2.45) is 5.73 Å². The number of aryl methyl sites for hydroxylation is 1. The molecule has 3 aliphatic heterocycles. The monoisotopic (exact) mass is 474 g/mol. The zero-order valence-corrected chi connectivity index (χ0v) is 19.7. The smallest absolute Gasteiger partial charge is 0.308 e. The van der Waals surface area contributed by atoms with Crippen molar-refractivity contribution in [3.05, 3.63) is 35.4 Å². The van der Waals surface area contributed by atoms with Crippen LogP contribution in [0.5, 0.6) is 0 Å². The molecule has 5 atom stereocenters. The van der Waals surface area contributed by atoms with Crippen molar-refractivity contribution in [1.29, 1.82) is 10.0 Å². The molecule has 0 spiro atoms. The molecule has 11 heteroatoms. The van der Waals surface area contributed by atoms with Gasteiger partial charge in [0.25, 0.3) is 0 Å². The second-order valence-corrected chi connectivity index (χ2v) is 9.32. The van der Waals surface area contributed by atoms with Gasteiger partial charge in [0.05, 0.1) is 24.2 Å². The maximum Gasteiger partial charge on any atom is 0.308 e. The van der Waals surface area contributed by atoms with Gasteiger partial charge < -0.3 is 15.5 Å². The van der Waals surface area contributed by atoms with Gasteiger partial charge in [-0.05, 0) is 38.7 Å². The molecule has 3 heterocycles. The first kappa shape index (κ1) is 24.8. The van der Waals surface area contributed by atoms with E-state index in [0.717, 1.165) is 24.9 Å². The number of amides is 2. The Hall–Kier alpha value is -2.81. The van der Waals surface area contributed by atoms with E-state index in [9.17, 15) is 14.9 Å². The minimum atomic E-state index is -2.61. The maximum absolute atomic E-state index is 13.1. The number of nitrogens with zero attached hydrogens (tertiary/aromatic N) is 4. The number of nitriles is 1. The van der Waals surface area contributed by atoms with E-state index in [0.29, 0.717) is 19.5 Å². The van der Waals surface area contributed by atoms with Crippen LogP contribution in [0.25, 0.3) is 0 Å². The Kier molecular flexibility index (Phi) is 7.84. The number of carbonyl (C=O) groups is 2. The molecule has 3 aliphatic rings. The van der Waals surface area contributed by atoms with Crippen LogP contribution in [0.2, 0.25) is 0 Å². The molecule has 3 saturated heterocycles. The summed E-state index contributed by atoms with van der Waals surface area (Å²) in [5.74, 6) is -0.0424. The molecule has 1 aromatic rings. The number of piperazine rings is 1. The normalized spacial score (nSPS) is 25.9. The number of nitrogens with one attached hydrogen (secondary N) is 1. The molecule has 0 radical (unpaired) electrons. The molecule has 2 amide bonds. The van der Waals surface area contributed by atoms with Gasteiger partial charge in [-0.15, -0.1) is 0 Å². The van der Waals surface area contributed by atoms with E-state index >= 15 is 0 Å². The fourth-order valence-corrected chi connectivity index (χ4v) is 5.11. The number of hydrogen-bond donors (Lipinski definition) is 2. The van der Waals surface area contributed by atoms with Crippen LogP contribution in [0.3, 0.4) is 0 Å². The number of rotatable bonds is 5. The lowest BCUT2D eigenvalue weighted by molar-refractivity contribution is -0.140. The SMILES string of the molecule is Cc1ccc([C@@H](C)N2C(=O)[C@@H]3C[C@H]2CN3C[C@H](N)C(=O)N2CCC[C@H]2C#N)cc1.N=S(=O)=O. The van der Waals surface area contributed by atoms with Crippen molar-refractivity contribution < 1.29 is 18.0 Å². The lowest BCUT2D eigenvalue weighted by Gasteiger charge is -2.38. The van der Waals surface area contributed by atoms with Crippen LogP contribution in [0.4, 0.5) is 0 Å². The predicted molar refractivity (Wildman–Crippen MR) is 120 cm³/mol. The Labute approximate surface area is 195 Å². The van der Waals surface area contributed by atoms with E-state index in [1.165, 1.54) is 5.56 Å². The van der Waals surface area contributed by atoms with Crippen molar-refractivity contribution >= 4 is 22.3 Å². The fraction of sp³-hybridized carbons (Fsp3) is 0.591. The van der Waals surface area contributed by atoms with Crippen molar-refractivity contribution in [2.45, 2.75) is 63.3 Å². The maximum atomic E-state index is 13.1. The summed E-state index contributed by atoms with van der Waals surface area (Å²) in [7, 11) is -2.61. The van der Waals surface area contributed by atoms with Gasteiger partial charge in [0, 0.05) is 25.7 Å². The molecular formula is C22H30N6O4S. The van der Waals surface area contributed by atoms with Crippen LogP contribution in [0, 0.1) is 23.0 Å². The molecule has 2 bridgehead atoms. The Morgan fingerprint density at radius 3 is 2.55 bits per heavy atom. The molecule has 0 aliphatic carbocycles. The highest BCUT2D eigenvalue weighted by molar-refractivity contribution is 7.60. The first-order chi connectivity index (χ1) is 15.6. The summed E-state index contributed by atoms with van der Waals surface area (Å²) < 4.78 is 22.8. The van der Waals surface area contributed by atoms with Crippen molar-refractivity contribution in [3.63, 3.8) is 0 Å². The molecule has 3 fully saturated rings. The van der Waals surface area contributed by atoms with Gasteiger partial charge >= 0.3 is 10.5 Å². The molecule has 0 saturated carbocycles. The average molecular weight is 475 g/mol. The molecule has 0 unspecified atom stereocenters. The number of carbonyl (C=O) groups excluding carboxylic acids is 2. The van der Waals surface area contributed by atoms with Crippen molar-refractivity contribution in [2.75, 3.05) is 19.6 Å². The third-order valence-corrected chi connectivity index (χ3v) is 6.72. The van der Waals surface area contributed by atoms with Gasteiger partial charge in [-0.3, -0.25) is 14.5 Å². The van der Waals surface area contributed by atoms with Gasteiger partial charge in [-0.2, -0.15) is 18.5 Å². The van der Waals surface area contributed by atoms with Gasteiger partial charge in [0.1, 0.15) is 6.04 Å². The predicted octanol–water partition coefficient (Wildman–Crippen LogP) is 0.811. The third kappa shape index (κ3) is 5.40. The van der Waals surface area contributed by atoms with Crippen LogP contribution in [-0.4, -0.2) is 78.7 Å². The van der Waals surface area contributed by atoms with E-state index in [-0.39, 0.29) is 36.0 Å². The fourth-order valence-electron chi connectivity index (χ4n) is 5.11. The second-order valence-electron chi connectivity index (χ2n) is 8.85. The number of nitrogens with two attached hydrogens (primary N) is 1. The summed E-state index contributed by atoms with van der Waals surface area (Å²) in [6, 6.07) is 9.47. The number of hydrogen-bond acceptors (Lipinski definition) is 8. The van der Waals surface area contributed by atoms with Gasteiger partial charge in [-0.1, -0.05) is 29.8 Å². The summed E-state index contributed by atoms with van der Waals surface area (Å²) in [6.45, 7) is 5.85. The van der Waals surface area contributed by atoms with Crippen LogP contribution >= 0.6 is 0 Å². The van der Waals surface area contributed by atoms with Crippen LogP contribution in [-0.2, 0) is 20.1 Å². The highest BCUT2D eigenvalue weighted by Gasteiger charge is 2.51. The summed E-state index contributed by atoms with van der Waals surface area (Å²) in [5.41, 5.74) is 8.55.